The lowest BCUT2D eigenvalue weighted by molar-refractivity contribution is -0.135. The highest BCUT2D eigenvalue weighted by Gasteiger charge is 2.24. The van der Waals surface area contributed by atoms with Gasteiger partial charge >= 0.3 is 5.97 Å². The number of aromatic nitrogens is 4. The van der Waals surface area contributed by atoms with Gasteiger partial charge in [-0.2, -0.15) is 4.80 Å². The van der Waals surface area contributed by atoms with Gasteiger partial charge < -0.3 is 9.64 Å². The van der Waals surface area contributed by atoms with E-state index in [1.165, 1.54) is 4.80 Å². The van der Waals surface area contributed by atoms with E-state index in [1.54, 1.807) is 38.1 Å². The second-order valence-corrected chi connectivity index (χ2v) is 7.11. The molecule has 0 aliphatic carbocycles. The highest BCUT2D eigenvalue weighted by molar-refractivity contribution is 5.90. The molecule has 0 saturated carbocycles. The summed E-state index contributed by atoms with van der Waals surface area (Å²) in [6.45, 7) is 6.51. The maximum absolute atomic E-state index is 12.5. The molecule has 1 fully saturated rings. The third-order valence-corrected chi connectivity index (χ3v) is 4.55. The Morgan fingerprint density at radius 3 is 2.85 bits per heavy atom. The number of ether oxygens (including phenoxy) is 1. The average Bonchev–Trinajstić information content (AvgIpc) is 3.10. The first-order valence-corrected chi connectivity index (χ1v) is 9.32. The summed E-state index contributed by atoms with van der Waals surface area (Å²) in [7, 11) is 0. The van der Waals surface area contributed by atoms with Crippen molar-refractivity contribution in [1.29, 1.82) is 0 Å². The van der Waals surface area contributed by atoms with E-state index in [0.717, 1.165) is 25.8 Å². The second-order valence-electron chi connectivity index (χ2n) is 7.11. The quantitative estimate of drug-likeness (QED) is 0.749. The summed E-state index contributed by atoms with van der Waals surface area (Å²) in [6, 6.07) is 7.13. The molecule has 27 heavy (non-hydrogen) atoms. The number of carbonyl (C=O) groups is 2. The van der Waals surface area contributed by atoms with Crippen molar-refractivity contribution in [1.82, 2.24) is 25.1 Å². The third kappa shape index (κ3) is 4.69. The number of hydrogen-bond donors (Lipinski definition) is 0. The lowest BCUT2D eigenvalue weighted by atomic mass is 10.0. The molecule has 1 atom stereocenters. The lowest BCUT2D eigenvalue weighted by Gasteiger charge is -2.33. The van der Waals surface area contributed by atoms with Crippen LogP contribution >= 0.6 is 0 Å². The molecule has 1 unspecified atom stereocenters. The van der Waals surface area contributed by atoms with Crippen LogP contribution in [0.5, 0.6) is 0 Å². The summed E-state index contributed by atoms with van der Waals surface area (Å²) in [4.78, 5) is 27.8. The number of rotatable bonds is 5. The Labute approximate surface area is 158 Å². The molecule has 1 amide bonds. The van der Waals surface area contributed by atoms with E-state index in [2.05, 4.69) is 22.3 Å². The molecular formula is C19H25N5O3. The predicted octanol–water partition coefficient (Wildman–Crippen LogP) is 2.31. The molecular weight excluding hydrogens is 346 g/mol. The lowest BCUT2D eigenvalue weighted by Crippen LogP contribution is -2.43. The van der Waals surface area contributed by atoms with Crippen LogP contribution in [0.15, 0.2) is 24.3 Å². The van der Waals surface area contributed by atoms with Crippen LogP contribution in [-0.2, 0) is 16.1 Å². The first kappa shape index (κ1) is 19.0. The van der Waals surface area contributed by atoms with Gasteiger partial charge in [0, 0.05) is 18.2 Å². The van der Waals surface area contributed by atoms with E-state index in [-0.39, 0.29) is 24.6 Å². The van der Waals surface area contributed by atoms with E-state index >= 15 is 0 Å². The molecule has 0 bridgehead atoms. The smallest absolute Gasteiger partial charge is 0.338 e. The number of esters is 1. The van der Waals surface area contributed by atoms with Crippen molar-refractivity contribution in [3.05, 3.63) is 29.8 Å². The fourth-order valence-electron chi connectivity index (χ4n) is 3.17. The summed E-state index contributed by atoms with van der Waals surface area (Å²) >= 11 is 0. The molecule has 2 heterocycles. The van der Waals surface area contributed by atoms with Crippen LogP contribution < -0.4 is 0 Å². The highest BCUT2D eigenvalue weighted by atomic mass is 16.5. The van der Waals surface area contributed by atoms with Gasteiger partial charge in [-0.25, -0.2) is 4.79 Å². The van der Waals surface area contributed by atoms with Gasteiger partial charge in [-0.15, -0.1) is 10.2 Å². The number of amides is 1. The molecule has 8 heteroatoms. The number of tetrazole rings is 1. The molecule has 2 aromatic rings. The van der Waals surface area contributed by atoms with Gasteiger partial charge in [-0.3, -0.25) is 4.79 Å². The van der Waals surface area contributed by atoms with Gasteiger partial charge in [0.25, 0.3) is 0 Å². The standard InChI is InChI=1S/C19H25N5O3/c1-13(2)27-19(26)16-9-6-8-15(11-16)18-20-22-24(21-18)12-17(25)23-10-5-4-7-14(23)3/h6,8-9,11,13-14H,4-5,7,10,12H2,1-3H3. The van der Waals surface area contributed by atoms with Crippen LogP contribution in [0.4, 0.5) is 0 Å². The van der Waals surface area contributed by atoms with Crippen LogP contribution in [0.25, 0.3) is 11.4 Å². The van der Waals surface area contributed by atoms with Crippen molar-refractivity contribution >= 4 is 11.9 Å². The molecule has 1 saturated heterocycles. The normalized spacial score (nSPS) is 17.2. The molecule has 8 nitrogen and oxygen atoms in total. The second kappa shape index (κ2) is 8.28. The largest absolute Gasteiger partial charge is 0.459 e. The van der Waals surface area contributed by atoms with E-state index in [9.17, 15) is 9.59 Å². The van der Waals surface area contributed by atoms with Crippen molar-refractivity contribution in [2.45, 2.75) is 58.7 Å². The first-order chi connectivity index (χ1) is 12.9. The minimum Gasteiger partial charge on any atom is -0.459 e. The van der Waals surface area contributed by atoms with Crippen LogP contribution in [0, 0.1) is 0 Å². The maximum Gasteiger partial charge on any atom is 0.338 e. The fraction of sp³-hybridized carbons (Fsp3) is 0.526. The predicted molar refractivity (Wildman–Crippen MR) is 98.8 cm³/mol. The maximum atomic E-state index is 12.5. The summed E-state index contributed by atoms with van der Waals surface area (Å²) in [5, 5.41) is 12.3. The summed E-state index contributed by atoms with van der Waals surface area (Å²) in [6.07, 6.45) is 3.03. The van der Waals surface area contributed by atoms with Gasteiger partial charge in [-0.1, -0.05) is 12.1 Å². The Morgan fingerprint density at radius 2 is 2.11 bits per heavy atom. The fourth-order valence-corrected chi connectivity index (χ4v) is 3.17. The van der Waals surface area contributed by atoms with E-state index in [0.29, 0.717) is 17.0 Å². The third-order valence-electron chi connectivity index (χ3n) is 4.55. The van der Waals surface area contributed by atoms with Gasteiger partial charge in [-0.05, 0) is 57.4 Å². The number of hydrogen-bond acceptors (Lipinski definition) is 6. The van der Waals surface area contributed by atoms with Crippen LogP contribution in [-0.4, -0.2) is 55.7 Å². The molecule has 144 valence electrons. The van der Waals surface area contributed by atoms with Crippen molar-refractivity contribution in [3.8, 4) is 11.4 Å². The van der Waals surface area contributed by atoms with Crippen LogP contribution in [0.1, 0.15) is 50.4 Å². The van der Waals surface area contributed by atoms with Crippen molar-refractivity contribution in [2.24, 2.45) is 0 Å². The van der Waals surface area contributed by atoms with E-state index in [1.807, 2.05) is 4.90 Å². The zero-order valence-electron chi connectivity index (χ0n) is 16.0. The Bertz CT molecular complexity index is 817. The monoisotopic (exact) mass is 371 g/mol. The zero-order chi connectivity index (χ0) is 19.4. The first-order valence-electron chi connectivity index (χ1n) is 9.32. The van der Waals surface area contributed by atoms with Crippen LogP contribution in [0.2, 0.25) is 0 Å². The van der Waals surface area contributed by atoms with Gasteiger partial charge in [0.05, 0.1) is 11.7 Å². The summed E-state index contributed by atoms with van der Waals surface area (Å²) in [5.41, 5.74) is 1.08. The average molecular weight is 371 g/mol. The number of benzene rings is 1. The Balaban J connectivity index is 1.70. The number of piperidine rings is 1. The van der Waals surface area contributed by atoms with Crippen molar-refractivity contribution < 1.29 is 14.3 Å². The number of carbonyl (C=O) groups excluding carboxylic acids is 2. The summed E-state index contributed by atoms with van der Waals surface area (Å²) in [5.74, 6) is -0.0254. The molecule has 1 aromatic heterocycles. The molecule has 1 aliphatic rings. The molecule has 0 radical (unpaired) electrons. The minimum atomic E-state index is -0.395. The Hall–Kier alpha value is -2.77. The molecule has 1 aliphatic heterocycles. The zero-order valence-corrected chi connectivity index (χ0v) is 16.0. The molecule has 1 aromatic carbocycles. The molecule has 0 spiro atoms. The Kier molecular flexibility index (Phi) is 5.83. The van der Waals surface area contributed by atoms with Gasteiger partial charge in [0.1, 0.15) is 6.54 Å². The number of nitrogens with zero attached hydrogens (tertiary/aromatic N) is 5. The topological polar surface area (TPSA) is 90.2 Å². The minimum absolute atomic E-state index is 0.000381. The SMILES string of the molecule is CC(C)OC(=O)c1cccc(-c2nnn(CC(=O)N3CCCCC3C)n2)c1. The van der Waals surface area contributed by atoms with Crippen molar-refractivity contribution in [3.63, 3.8) is 0 Å². The van der Waals surface area contributed by atoms with Gasteiger partial charge in [0.2, 0.25) is 11.7 Å². The van der Waals surface area contributed by atoms with E-state index < -0.39 is 5.97 Å². The molecule has 0 N–H and O–H groups in total. The van der Waals surface area contributed by atoms with E-state index in [4.69, 9.17) is 4.74 Å². The van der Waals surface area contributed by atoms with Crippen molar-refractivity contribution in [2.75, 3.05) is 6.54 Å². The Morgan fingerprint density at radius 1 is 1.30 bits per heavy atom. The van der Waals surface area contributed by atoms with Crippen LogP contribution in [0.3, 0.4) is 0 Å². The summed E-state index contributed by atoms with van der Waals surface area (Å²) < 4.78 is 5.21. The van der Waals surface area contributed by atoms with Gasteiger partial charge in [0.15, 0.2) is 0 Å². The highest BCUT2D eigenvalue weighted by Crippen LogP contribution is 2.18. The molecule has 3 rings (SSSR count). The number of likely N-dealkylation sites (tertiary alicyclic amines) is 1.